The standard InChI is InChI=1S/C23H31N3O2/c1-19(2)26(17-20-8-5-4-6-9-20)23(27)18-24-12-14-25(15-13-24)21-10-7-11-22(16-21)28-3/h4-11,16,19H,12-15,17-18H2,1-3H3. The van der Waals surface area contributed by atoms with Gasteiger partial charge < -0.3 is 14.5 Å². The fourth-order valence-corrected chi connectivity index (χ4v) is 3.59. The summed E-state index contributed by atoms with van der Waals surface area (Å²) in [7, 11) is 1.69. The Morgan fingerprint density at radius 1 is 1.04 bits per heavy atom. The molecule has 5 heteroatoms. The second-order valence-corrected chi connectivity index (χ2v) is 7.57. The molecular weight excluding hydrogens is 350 g/mol. The largest absolute Gasteiger partial charge is 0.497 e. The van der Waals surface area contributed by atoms with E-state index in [0.29, 0.717) is 13.1 Å². The Kier molecular flexibility index (Phi) is 6.93. The van der Waals surface area contributed by atoms with Crippen LogP contribution >= 0.6 is 0 Å². The van der Waals surface area contributed by atoms with Crippen molar-refractivity contribution in [3.63, 3.8) is 0 Å². The molecule has 0 N–H and O–H groups in total. The quantitative estimate of drug-likeness (QED) is 0.738. The SMILES string of the molecule is COc1cccc(N2CCN(CC(=O)N(Cc3ccccc3)C(C)C)CC2)c1. The minimum atomic E-state index is 0.186. The molecular formula is C23H31N3O2. The van der Waals surface area contributed by atoms with Gasteiger partial charge in [0, 0.05) is 50.5 Å². The predicted octanol–water partition coefficient (Wildman–Crippen LogP) is 3.25. The molecule has 0 atom stereocenters. The highest BCUT2D eigenvalue weighted by atomic mass is 16.5. The van der Waals surface area contributed by atoms with E-state index >= 15 is 0 Å². The molecule has 5 nitrogen and oxygen atoms in total. The number of ether oxygens (including phenoxy) is 1. The molecule has 0 saturated carbocycles. The zero-order valence-electron chi connectivity index (χ0n) is 17.2. The van der Waals surface area contributed by atoms with Gasteiger partial charge in [-0.25, -0.2) is 0 Å². The number of rotatable bonds is 7. The number of benzene rings is 2. The summed E-state index contributed by atoms with van der Waals surface area (Å²) >= 11 is 0. The lowest BCUT2D eigenvalue weighted by Crippen LogP contribution is -2.51. The van der Waals surface area contributed by atoms with Gasteiger partial charge in [0.15, 0.2) is 0 Å². The minimum Gasteiger partial charge on any atom is -0.497 e. The maximum Gasteiger partial charge on any atom is 0.237 e. The third-order valence-electron chi connectivity index (χ3n) is 5.29. The normalized spacial score (nSPS) is 14.9. The second kappa shape index (κ2) is 9.60. The van der Waals surface area contributed by atoms with Gasteiger partial charge in [-0.1, -0.05) is 36.4 Å². The van der Waals surface area contributed by atoms with Gasteiger partial charge in [-0.15, -0.1) is 0 Å². The molecule has 1 fully saturated rings. The number of anilines is 1. The summed E-state index contributed by atoms with van der Waals surface area (Å²) < 4.78 is 5.33. The fourth-order valence-electron chi connectivity index (χ4n) is 3.59. The Hall–Kier alpha value is -2.53. The summed E-state index contributed by atoms with van der Waals surface area (Å²) in [5.74, 6) is 1.08. The summed E-state index contributed by atoms with van der Waals surface area (Å²) in [4.78, 5) is 19.5. The Labute approximate surface area is 168 Å². The summed E-state index contributed by atoms with van der Waals surface area (Å²) in [5, 5.41) is 0. The van der Waals surface area contributed by atoms with Crippen LogP contribution in [0.25, 0.3) is 0 Å². The number of nitrogens with zero attached hydrogens (tertiary/aromatic N) is 3. The third-order valence-corrected chi connectivity index (χ3v) is 5.29. The van der Waals surface area contributed by atoms with Gasteiger partial charge in [0.2, 0.25) is 5.91 Å². The van der Waals surface area contributed by atoms with Crippen LogP contribution in [0.4, 0.5) is 5.69 Å². The van der Waals surface area contributed by atoms with Crippen molar-refractivity contribution in [1.82, 2.24) is 9.80 Å². The maximum absolute atomic E-state index is 12.9. The van der Waals surface area contributed by atoms with Crippen molar-refractivity contribution in [3.8, 4) is 5.75 Å². The summed E-state index contributed by atoms with van der Waals surface area (Å²) in [6.45, 7) is 8.93. The van der Waals surface area contributed by atoms with Crippen LogP contribution in [-0.2, 0) is 11.3 Å². The first kappa shape index (κ1) is 20.2. The molecule has 2 aromatic rings. The highest BCUT2D eigenvalue weighted by Gasteiger charge is 2.23. The number of carbonyl (C=O) groups excluding carboxylic acids is 1. The van der Waals surface area contributed by atoms with Crippen molar-refractivity contribution in [2.45, 2.75) is 26.4 Å². The van der Waals surface area contributed by atoms with Gasteiger partial charge in [0.1, 0.15) is 5.75 Å². The number of piperazine rings is 1. The van der Waals surface area contributed by atoms with Crippen molar-refractivity contribution in [1.29, 1.82) is 0 Å². The van der Waals surface area contributed by atoms with Crippen molar-refractivity contribution in [3.05, 3.63) is 60.2 Å². The molecule has 1 heterocycles. The first-order valence-corrected chi connectivity index (χ1v) is 10.0. The number of hydrogen-bond donors (Lipinski definition) is 0. The molecule has 0 unspecified atom stereocenters. The maximum atomic E-state index is 12.9. The molecule has 0 radical (unpaired) electrons. The average Bonchev–Trinajstić information content (AvgIpc) is 2.73. The van der Waals surface area contributed by atoms with Crippen LogP contribution < -0.4 is 9.64 Å². The third kappa shape index (κ3) is 5.26. The molecule has 28 heavy (non-hydrogen) atoms. The lowest BCUT2D eigenvalue weighted by atomic mass is 10.2. The van der Waals surface area contributed by atoms with Crippen LogP contribution in [0, 0.1) is 0 Å². The van der Waals surface area contributed by atoms with Crippen LogP contribution in [0.15, 0.2) is 54.6 Å². The number of amides is 1. The van der Waals surface area contributed by atoms with Crippen LogP contribution in [0.5, 0.6) is 5.75 Å². The van der Waals surface area contributed by atoms with E-state index in [1.54, 1.807) is 7.11 Å². The Morgan fingerprint density at radius 3 is 2.39 bits per heavy atom. The zero-order chi connectivity index (χ0) is 19.9. The van der Waals surface area contributed by atoms with Gasteiger partial charge >= 0.3 is 0 Å². The van der Waals surface area contributed by atoms with E-state index in [4.69, 9.17) is 4.74 Å². The van der Waals surface area contributed by atoms with Crippen LogP contribution in [0.1, 0.15) is 19.4 Å². The zero-order valence-corrected chi connectivity index (χ0v) is 17.2. The molecule has 0 bridgehead atoms. The summed E-state index contributed by atoms with van der Waals surface area (Å²) in [5.41, 5.74) is 2.35. The molecule has 1 saturated heterocycles. The first-order chi connectivity index (χ1) is 13.6. The monoisotopic (exact) mass is 381 g/mol. The molecule has 0 spiro atoms. The van der Waals surface area contributed by atoms with Gasteiger partial charge in [0.05, 0.1) is 13.7 Å². The molecule has 1 aliphatic rings. The molecule has 150 valence electrons. The van der Waals surface area contributed by atoms with Crippen molar-refractivity contribution < 1.29 is 9.53 Å². The summed E-state index contributed by atoms with van der Waals surface area (Å²) in [6, 6.07) is 18.6. The topological polar surface area (TPSA) is 36.0 Å². The Bertz CT molecular complexity index is 755. The fraction of sp³-hybridized carbons (Fsp3) is 0.435. The molecule has 1 amide bonds. The smallest absolute Gasteiger partial charge is 0.237 e. The van der Waals surface area contributed by atoms with E-state index in [2.05, 4.69) is 47.9 Å². The van der Waals surface area contributed by atoms with E-state index in [1.807, 2.05) is 35.2 Å². The van der Waals surface area contributed by atoms with Gasteiger partial charge in [-0.05, 0) is 31.5 Å². The molecule has 0 aliphatic carbocycles. The van der Waals surface area contributed by atoms with Gasteiger partial charge in [-0.3, -0.25) is 9.69 Å². The average molecular weight is 382 g/mol. The number of methoxy groups -OCH3 is 1. The first-order valence-electron chi connectivity index (χ1n) is 10.0. The Balaban J connectivity index is 1.54. The van der Waals surface area contributed by atoms with E-state index in [-0.39, 0.29) is 11.9 Å². The van der Waals surface area contributed by atoms with Crippen molar-refractivity contribution in [2.24, 2.45) is 0 Å². The lowest BCUT2D eigenvalue weighted by Gasteiger charge is -2.37. The van der Waals surface area contributed by atoms with E-state index < -0.39 is 0 Å². The molecule has 1 aliphatic heterocycles. The Morgan fingerprint density at radius 2 is 1.75 bits per heavy atom. The predicted molar refractivity (Wildman–Crippen MR) is 114 cm³/mol. The van der Waals surface area contributed by atoms with Gasteiger partial charge in [-0.2, -0.15) is 0 Å². The second-order valence-electron chi connectivity index (χ2n) is 7.57. The van der Waals surface area contributed by atoms with Crippen LogP contribution in [-0.4, -0.2) is 61.6 Å². The highest BCUT2D eigenvalue weighted by Crippen LogP contribution is 2.22. The lowest BCUT2D eigenvalue weighted by molar-refractivity contribution is -0.134. The molecule has 3 rings (SSSR count). The molecule has 0 aromatic heterocycles. The van der Waals surface area contributed by atoms with Crippen molar-refractivity contribution >= 4 is 11.6 Å². The van der Waals surface area contributed by atoms with Crippen molar-refractivity contribution in [2.75, 3.05) is 44.7 Å². The van der Waals surface area contributed by atoms with E-state index in [9.17, 15) is 4.79 Å². The minimum absolute atomic E-state index is 0.186. The highest BCUT2D eigenvalue weighted by molar-refractivity contribution is 5.78. The molecule has 2 aromatic carbocycles. The van der Waals surface area contributed by atoms with E-state index in [1.165, 1.54) is 11.3 Å². The number of carbonyl (C=O) groups is 1. The van der Waals surface area contributed by atoms with Crippen LogP contribution in [0.2, 0.25) is 0 Å². The van der Waals surface area contributed by atoms with E-state index in [0.717, 1.165) is 31.9 Å². The van der Waals surface area contributed by atoms with Crippen LogP contribution in [0.3, 0.4) is 0 Å². The number of hydrogen-bond acceptors (Lipinski definition) is 4. The summed E-state index contributed by atoms with van der Waals surface area (Å²) in [6.07, 6.45) is 0. The van der Waals surface area contributed by atoms with Gasteiger partial charge in [0.25, 0.3) is 0 Å².